The topological polar surface area (TPSA) is 70.7 Å². The number of H-pyrrole nitrogens is 1. The van der Waals surface area contributed by atoms with E-state index in [4.69, 9.17) is 11.6 Å². The van der Waals surface area contributed by atoms with Crippen LogP contribution in [0.25, 0.3) is 10.1 Å². The van der Waals surface area contributed by atoms with E-state index in [2.05, 4.69) is 20.5 Å². The Morgan fingerprint density at radius 2 is 2.21 bits per heavy atom. The van der Waals surface area contributed by atoms with Crippen molar-refractivity contribution in [3.63, 3.8) is 0 Å². The van der Waals surface area contributed by atoms with Crippen LogP contribution < -0.4 is 5.32 Å². The molecular formula is C12H9ClN4OS. The molecule has 0 spiro atoms. The zero-order valence-electron chi connectivity index (χ0n) is 9.90. The zero-order valence-corrected chi connectivity index (χ0v) is 11.5. The highest BCUT2D eigenvalue weighted by Crippen LogP contribution is 2.35. The number of carbonyl (C=O) groups is 1. The van der Waals surface area contributed by atoms with Crippen molar-refractivity contribution in [2.24, 2.45) is 0 Å². The highest BCUT2D eigenvalue weighted by atomic mass is 35.5. The largest absolute Gasteiger partial charge is 0.288 e. The molecule has 0 aliphatic rings. The third-order valence-electron chi connectivity index (χ3n) is 2.56. The van der Waals surface area contributed by atoms with Crippen LogP contribution in [0.15, 0.2) is 24.3 Å². The molecule has 0 atom stereocenters. The minimum Gasteiger partial charge on any atom is -0.288 e. The van der Waals surface area contributed by atoms with Gasteiger partial charge in [-0.3, -0.25) is 15.2 Å². The summed E-state index contributed by atoms with van der Waals surface area (Å²) in [5.41, 5.74) is 0. The number of hydrogen-bond acceptors (Lipinski definition) is 4. The van der Waals surface area contributed by atoms with E-state index >= 15 is 0 Å². The molecule has 0 fully saturated rings. The molecule has 2 N–H and O–H groups in total. The second-order valence-corrected chi connectivity index (χ2v) is 5.37. The Labute approximate surface area is 117 Å². The minimum atomic E-state index is -0.301. The number of amides is 1. The number of rotatable bonds is 2. The quantitative estimate of drug-likeness (QED) is 0.762. The molecule has 0 bridgehead atoms. The Bertz CT molecular complexity index is 764. The maximum atomic E-state index is 12.1. The molecule has 1 aromatic carbocycles. The van der Waals surface area contributed by atoms with E-state index in [9.17, 15) is 4.79 Å². The lowest BCUT2D eigenvalue weighted by atomic mass is 10.2. The first-order valence-corrected chi connectivity index (χ1v) is 6.72. The van der Waals surface area contributed by atoms with Crippen molar-refractivity contribution in [2.45, 2.75) is 6.92 Å². The number of benzene rings is 1. The number of aromatic amines is 1. The first kappa shape index (κ1) is 12.1. The molecule has 19 heavy (non-hydrogen) atoms. The van der Waals surface area contributed by atoms with Crippen LogP contribution in [-0.4, -0.2) is 21.1 Å². The van der Waals surface area contributed by atoms with Gasteiger partial charge in [-0.25, -0.2) is 0 Å². The Balaban J connectivity index is 1.95. The average molecular weight is 293 g/mol. The van der Waals surface area contributed by atoms with E-state index in [0.29, 0.717) is 15.7 Å². The van der Waals surface area contributed by atoms with Crippen LogP contribution in [-0.2, 0) is 0 Å². The average Bonchev–Trinajstić information content (AvgIpc) is 2.94. The fourth-order valence-corrected chi connectivity index (χ4v) is 3.13. The molecule has 0 unspecified atom stereocenters. The van der Waals surface area contributed by atoms with Crippen LogP contribution in [0.3, 0.4) is 0 Å². The normalized spacial score (nSPS) is 10.8. The number of anilines is 1. The van der Waals surface area contributed by atoms with Gasteiger partial charge in [-0.05, 0) is 13.0 Å². The molecule has 96 valence electrons. The second kappa shape index (κ2) is 4.64. The van der Waals surface area contributed by atoms with E-state index in [0.717, 1.165) is 10.1 Å². The van der Waals surface area contributed by atoms with Crippen LogP contribution in [0.1, 0.15) is 15.5 Å². The summed E-state index contributed by atoms with van der Waals surface area (Å²) in [4.78, 5) is 16.6. The molecule has 0 saturated carbocycles. The Morgan fingerprint density at radius 3 is 2.89 bits per heavy atom. The number of nitrogens with zero attached hydrogens (tertiary/aromatic N) is 2. The molecule has 0 aliphatic heterocycles. The summed E-state index contributed by atoms with van der Waals surface area (Å²) in [6.07, 6.45) is 0. The van der Waals surface area contributed by atoms with Gasteiger partial charge in [0.1, 0.15) is 10.7 Å². The van der Waals surface area contributed by atoms with E-state index in [-0.39, 0.29) is 11.9 Å². The summed E-state index contributed by atoms with van der Waals surface area (Å²) in [5.74, 6) is 0.582. The van der Waals surface area contributed by atoms with Gasteiger partial charge in [0, 0.05) is 10.1 Å². The number of fused-ring (bicyclic) bond motifs is 1. The van der Waals surface area contributed by atoms with Gasteiger partial charge < -0.3 is 0 Å². The van der Waals surface area contributed by atoms with Crippen LogP contribution in [0, 0.1) is 6.92 Å². The molecular weight excluding hydrogens is 284 g/mol. The number of nitrogens with one attached hydrogen (secondary N) is 2. The smallest absolute Gasteiger partial charge is 0.269 e. The van der Waals surface area contributed by atoms with Gasteiger partial charge in [-0.15, -0.1) is 16.4 Å². The Kier molecular flexibility index (Phi) is 2.96. The van der Waals surface area contributed by atoms with Crippen molar-refractivity contribution in [3.05, 3.63) is 40.0 Å². The first-order chi connectivity index (χ1) is 9.15. The standard InChI is InChI=1S/C12H9ClN4OS/c1-6-14-12(17-16-6)15-11(18)10-9(13)7-4-2-3-5-8(7)19-10/h2-5H,1H3,(H2,14,15,16,17,18). The number of halogens is 1. The minimum absolute atomic E-state index is 0.246. The molecule has 0 aliphatic carbocycles. The molecule has 0 saturated heterocycles. The summed E-state index contributed by atoms with van der Waals surface area (Å²) < 4.78 is 0.976. The number of carbonyl (C=O) groups excluding carboxylic acids is 1. The lowest BCUT2D eigenvalue weighted by Gasteiger charge is -1.97. The van der Waals surface area contributed by atoms with Crippen molar-refractivity contribution in [2.75, 3.05) is 5.32 Å². The van der Waals surface area contributed by atoms with E-state index in [1.807, 2.05) is 24.3 Å². The molecule has 7 heteroatoms. The number of hydrogen-bond donors (Lipinski definition) is 2. The predicted molar refractivity (Wildman–Crippen MR) is 75.9 cm³/mol. The van der Waals surface area contributed by atoms with Crippen molar-refractivity contribution in [1.82, 2.24) is 15.2 Å². The van der Waals surface area contributed by atoms with Crippen molar-refractivity contribution in [3.8, 4) is 0 Å². The molecule has 2 aromatic heterocycles. The first-order valence-electron chi connectivity index (χ1n) is 5.52. The van der Waals surface area contributed by atoms with Crippen molar-refractivity contribution >= 4 is 44.9 Å². The maximum Gasteiger partial charge on any atom is 0.269 e. The number of aromatic nitrogens is 3. The number of thiophene rings is 1. The van der Waals surface area contributed by atoms with Crippen molar-refractivity contribution in [1.29, 1.82) is 0 Å². The van der Waals surface area contributed by atoms with Gasteiger partial charge in [-0.1, -0.05) is 29.8 Å². The van der Waals surface area contributed by atoms with Gasteiger partial charge in [-0.2, -0.15) is 4.98 Å². The van der Waals surface area contributed by atoms with Gasteiger partial charge in [0.15, 0.2) is 0 Å². The van der Waals surface area contributed by atoms with E-state index in [1.165, 1.54) is 11.3 Å². The van der Waals surface area contributed by atoms with Crippen LogP contribution in [0.5, 0.6) is 0 Å². The van der Waals surface area contributed by atoms with Gasteiger partial charge >= 0.3 is 0 Å². The van der Waals surface area contributed by atoms with Crippen LogP contribution in [0.2, 0.25) is 5.02 Å². The number of aryl methyl sites for hydroxylation is 1. The van der Waals surface area contributed by atoms with Crippen LogP contribution in [0.4, 0.5) is 5.95 Å². The van der Waals surface area contributed by atoms with E-state index in [1.54, 1.807) is 6.92 Å². The summed E-state index contributed by atoms with van der Waals surface area (Å²) in [6.45, 7) is 1.76. The lowest BCUT2D eigenvalue weighted by Crippen LogP contribution is -2.11. The molecule has 2 heterocycles. The fourth-order valence-electron chi connectivity index (χ4n) is 1.72. The monoisotopic (exact) mass is 292 g/mol. The fraction of sp³-hybridized carbons (Fsp3) is 0.0833. The highest BCUT2D eigenvalue weighted by molar-refractivity contribution is 7.21. The molecule has 0 radical (unpaired) electrons. The van der Waals surface area contributed by atoms with E-state index < -0.39 is 0 Å². The molecule has 3 rings (SSSR count). The predicted octanol–water partition coefficient (Wildman–Crippen LogP) is 3.23. The van der Waals surface area contributed by atoms with Crippen molar-refractivity contribution < 1.29 is 4.79 Å². The Morgan fingerprint density at radius 1 is 1.42 bits per heavy atom. The second-order valence-electron chi connectivity index (χ2n) is 3.94. The van der Waals surface area contributed by atoms with Gasteiger partial charge in [0.2, 0.25) is 5.95 Å². The van der Waals surface area contributed by atoms with Gasteiger partial charge in [0.05, 0.1) is 5.02 Å². The lowest BCUT2D eigenvalue weighted by molar-refractivity contribution is 0.103. The SMILES string of the molecule is Cc1nc(NC(=O)c2sc3ccccc3c2Cl)n[nH]1. The Hall–Kier alpha value is -1.92. The third kappa shape index (κ3) is 2.20. The molecule has 3 aromatic rings. The van der Waals surface area contributed by atoms with Crippen LogP contribution >= 0.6 is 22.9 Å². The summed E-state index contributed by atoms with van der Waals surface area (Å²) in [7, 11) is 0. The summed E-state index contributed by atoms with van der Waals surface area (Å²) in [5, 5.41) is 10.5. The molecule has 5 nitrogen and oxygen atoms in total. The maximum absolute atomic E-state index is 12.1. The summed E-state index contributed by atoms with van der Waals surface area (Å²) in [6, 6.07) is 7.62. The molecule has 1 amide bonds. The highest BCUT2D eigenvalue weighted by Gasteiger charge is 2.18. The zero-order chi connectivity index (χ0) is 13.4. The summed E-state index contributed by atoms with van der Waals surface area (Å²) >= 11 is 7.57. The van der Waals surface area contributed by atoms with Gasteiger partial charge in [0.25, 0.3) is 5.91 Å². The third-order valence-corrected chi connectivity index (χ3v) is 4.24.